The van der Waals surface area contributed by atoms with Gasteiger partial charge in [-0.05, 0) is 0 Å². The summed E-state index contributed by atoms with van der Waals surface area (Å²) in [6.45, 7) is 0.599. The standard InChI is InChI=1S/C11H14N4O2S/c1-16-9-5-7-8(6-10(9)17-2)15(14-13-7)4-3-11(12)18/h5-6H,3-4H2,1-2H3,(H2,12,18). The number of nitrogens with two attached hydrogens (primary N) is 1. The van der Waals surface area contributed by atoms with Crippen molar-refractivity contribution in [2.45, 2.75) is 13.0 Å². The molecule has 1 heterocycles. The Bertz CT molecular complexity index is 582. The van der Waals surface area contributed by atoms with Crippen LogP contribution in [0.4, 0.5) is 0 Å². The fraction of sp³-hybridized carbons (Fsp3) is 0.364. The highest BCUT2D eigenvalue weighted by Gasteiger charge is 2.11. The summed E-state index contributed by atoms with van der Waals surface area (Å²) in [7, 11) is 3.17. The van der Waals surface area contributed by atoms with Crippen molar-refractivity contribution in [3.8, 4) is 11.5 Å². The molecule has 0 aliphatic carbocycles. The quantitative estimate of drug-likeness (QED) is 0.817. The van der Waals surface area contributed by atoms with Crippen molar-refractivity contribution in [2.75, 3.05) is 14.2 Å². The van der Waals surface area contributed by atoms with Crippen LogP contribution in [-0.2, 0) is 6.54 Å². The minimum Gasteiger partial charge on any atom is -0.493 e. The molecule has 0 aliphatic rings. The SMILES string of the molecule is COc1cc2nnn(CCC(N)=S)c2cc1OC. The van der Waals surface area contributed by atoms with Crippen LogP contribution in [0, 0.1) is 0 Å². The summed E-state index contributed by atoms with van der Waals surface area (Å²) in [4.78, 5) is 0.458. The molecule has 0 saturated carbocycles. The maximum absolute atomic E-state index is 5.48. The summed E-state index contributed by atoms with van der Waals surface area (Å²) in [5.41, 5.74) is 7.09. The number of benzene rings is 1. The Morgan fingerprint density at radius 3 is 2.61 bits per heavy atom. The van der Waals surface area contributed by atoms with Crippen LogP contribution in [0.15, 0.2) is 12.1 Å². The van der Waals surface area contributed by atoms with E-state index in [-0.39, 0.29) is 0 Å². The predicted octanol–water partition coefficient (Wildman–Crippen LogP) is 1.12. The largest absolute Gasteiger partial charge is 0.493 e. The topological polar surface area (TPSA) is 75.2 Å². The monoisotopic (exact) mass is 266 g/mol. The van der Waals surface area contributed by atoms with Crippen molar-refractivity contribution in [1.82, 2.24) is 15.0 Å². The van der Waals surface area contributed by atoms with Crippen LogP contribution in [0.3, 0.4) is 0 Å². The van der Waals surface area contributed by atoms with Crippen LogP contribution < -0.4 is 15.2 Å². The normalized spacial score (nSPS) is 10.6. The minimum atomic E-state index is 0.458. The van der Waals surface area contributed by atoms with E-state index in [0.717, 1.165) is 11.0 Å². The molecule has 0 unspecified atom stereocenters. The van der Waals surface area contributed by atoms with E-state index >= 15 is 0 Å². The number of thiocarbonyl (C=S) groups is 1. The second-order valence-electron chi connectivity index (χ2n) is 3.72. The molecule has 0 fully saturated rings. The average Bonchev–Trinajstić information content (AvgIpc) is 2.76. The van der Waals surface area contributed by atoms with Gasteiger partial charge in [0.25, 0.3) is 0 Å². The van der Waals surface area contributed by atoms with Crippen molar-refractivity contribution in [3.05, 3.63) is 12.1 Å². The fourth-order valence-corrected chi connectivity index (χ4v) is 1.77. The Hall–Kier alpha value is -1.89. The molecule has 0 spiro atoms. The Balaban J connectivity index is 2.42. The van der Waals surface area contributed by atoms with Gasteiger partial charge in [-0.1, -0.05) is 17.4 Å². The highest BCUT2D eigenvalue weighted by atomic mass is 32.1. The minimum absolute atomic E-state index is 0.458. The van der Waals surface area contributed by atoms with Gasteiger partial charge in [0.05, 0.1) is 24.7 Å². The van der Waals surface area contributed by atoms with E-state index in [1.807, 2.05) is 6.07 Å². The van der Waals surface area contributed by atoms with Crippen molar-refractivity contribution in [2.24, 2.45) is 5.73 Å². The molecular weight excluding hydrogens is 252 g/mol. The summed E-state index contributed by atoms with van der Waals surface area (Å²) in [5, 5.41) is 8.13. The third-order valence-electron chi connectivity index (χ3n) is 2.59. The van der Waals surface area contributed by atoms with E-state index in [1.165, 1.54) is 0 Å². The van der Waals surface area contributed by atoms with Gasteiger partial charge in [0.1, 0.15) is 5.52 Å². The summed E-state index contributed by atoms with van der Waals surface area (Å²) < 4.78 is 12.2. The Morgan fingerprint density at radius 1 is 1.33 bits per heavy atom. The number of methoxy groups -OCH3 is 2. The van der Waals surface area contributed by atoms with Gasteiger partial charge in [0, 0.05) is 25.1 Å². The van der Waals surface area contributed by atoms with E-state index in [4.69, 9.17) is 27.4 Å². The first-order valence-electron chi connectivity index (χ1n) is 5.39. The van der Waals surface area contributed by atoms with Crippen LogP contribution >= 0.6 is 12.2 Å². The zero-order chi connectivity index (χ0) is 13.1. The van der Waals surface area contributed by atoms with Crippen LogP contribution in [0.5, 0.6) is 11.5 Å². The van der Waals surface area contributed by atoms with Crippen molar-refractivity contribution < 1.29 is 9.47 Å². The summed E-state index contributed by atoms with van der Waals surface area (Å²) in [6, 6.07) is 3.63. The van der Waals surface area contributed by atoms with E-state index < -0.39 is 0 Å². The maximum Gasteiger partial charge on any atom is 0.163 e. The van der Waals surface area contributed by atoms with Crippen LogP contribution in [0.25, 0.3) is 11.0 Å². The molecule has 1 aromatic carbocycles. The lowest BCUT2D eigenvalue weighted by Crippen LogP contribution is -2.12. The highest BCUT2D eigenvalue weighted by Crippen LogP contribution is 2.31. The molecule has 2 aromatic rings. The molecule has 0 radical (unpaired) electrons. The first-order valence-corrected chi connectivity index (χ1v) is 5.80. The first-order chi connectivity index (χ1) is 8.65. The van der Waals surface area contributed by atoms with Gasteiger partial charge in [-0.2, -0.15) is 0 Å². The highest BCUT2D eigenvalue weighted by molar-refractivity contribution is 7.80. The first kappa shape index (κ1) is 12.6. The fourth-order valence-electron chi connectivity index (χ4n) is 1.68. The van der Waals surface area contributed by atoms with Gasteiger partial charge in [-0.25, -0.2) is 4.68 Å². The molecule has 6 nitrogen and oxygen atoms in total. The summed E-state index contributed by atoms with van der Waals surface area (Å²) in [6.07, 6.45) is 0.585. The molecule has 0 saturated heterocycles. The van der Waals surface area contributed by atoms with Crippen LogP contribution in [0.2, 0.25) is 0 Å². The maximum atomic E-state index is 5.48. The third-order valence-corrected chi connectivity index (χ3v) is 2.79. The van der Waals surface area contributed by atoms with Crippen molar-refractivity contribution in [3.63, 3.8) is 0 Å². The second kappa shape index (κ2) is 5.18. The van der Waals surface area contributed by atoms with Gasteiger partial charge in [0.15, 0.2) is 11.5 Å². The van der Waals surface area contributed by atoms with E-state index in [9.17, 15) is 0 Å². The molecule has 2 N–H and O–H groups in total. The van der Waals surface area contributed by atoms with Gasteiger partial charge in [0.2, 0.25) is 0 Å². The molecule has 96 valence electrons. The van der Waals surface area contributed by atoms with Crippen LogP contribution in [0.1, 0.15) is 6.42 Å². The lowest BCUT2D eigenvalue weighted by molar-refractivity contribution is 0.355. The third kappa shape index (κ3) is 2.35. The molecule has 7 heteroatoms. The number of aryl methyl sites for hydroxylation is 1. The lowest BCUT2D eigenvalue weighted by atomic mass is 10.2. The molecule has 18 heavy (non-hydrogen) atoms. The smallest absolute Gasteiger partial charge is 0.163 e. The number of aromatic nitrogens is 3. The van der Waals surface area contributed by atoms with E-state index in [0.29, 0.717) is 29.5 Å². The number of hydrogen-bond acceptors (Lipinski definition) is 5. The molecule has 0 aliphatic heterocycles. The molecule has 1 aromatic heterocycles. The Labute approximate surface area is 110 Å². The number of nitrogens with zero attached hydrogens (tertiary/aromatic N) is 3. The van der Waals surface area contributed by atoms with Gasteiger partial charge >= 0.3 is 0 Å². The van der Waals surface area contributed by atoms with Crippen molar-refractivity contribution in [1.29, 1.82) is 0 Å². The van der Waals surface area contributed by atoms with E-state index in [2.05, 4.69) is 10.3 Å². The number of rotatable bonds is 5. The molecule has 0 atom stereocenters. The lowest BCUT2D eigenvalue weighted by Gasteiger charge is -2.07. The van der Waals surface area contributed by atoms with Gasteiger partial charge < -0.3 is 15.2 Å². The number of hydrogen-bond donors (Lipinski definition) is 1. The zero-order valence-corrected chi connectivity index (χ0v) is 11.0. The summed E-state index contributed by atoms with van der Waals surface area (Å²) >= 11 is 4.85. The molecular formula is C11H14N4O2S. The zero-order valence-electron chi connectivity index (χ0n) is 10.2. The summed E-state index contributed by atoms with van der Waals surface area (Å²) in [5.74, 6) is 1.27. The predicted molar refractivity (Wildman–Crippen MR) is 72.0 cm³/mol. The Kier molecular flexibility index (Phi) is 3.61. The molecule has 2 rings (SSSR count). The number of fused-ring (bicyclic) bond motifs is 1. The van der Waals surface area contributed by atoms with Crippen molar-refractivity contribution >= 4 is 28.2 Å². The second-order valence-corrected chi connectivity index (χ2v) is 4.25. The molecule has 0 amide bonds. The van der Waals surface area contributed by atoms with Gasteiger partial charge in [-0.3, -0.25) is 0 Å². The van der Waals surface area contributed by atoms with Crippen LogP contribution in [-0.4, -0.2) is 34.2 Å². The van der Waals surface area contributed by atoms with Gasteiger partial charge in [-0.15, -0.1) is 5.10 Å². The molecule has 0 bridgehead atoms. The Morgan fingerprint density at radius 2 is 2.00 bits per heavy atom. The van der Waals surface area contributed by atoms with E-state index in [1.54, 1.807) is 25.0 Å². The average molecular weight is 266 g/mol. The number of ether oxygens (including phenoxy) is 2.